The summed E-state index contributed by atoms with van der Waals surface area (Å²) in [7, 11) is 2.17. The zero-order valence-electron chi connectivity index (χ0n) is 24.0. The van der Waals surface area contributed by atoms with Crippen molar-refractivity contribution in [2.24, 2.45) is 11.6 Å². The van der Waals surface area contributed by atoms with Crippen molar-refractivity contribution in [2.75, 3.05) is 30.0 Å². The lowest BCUT2D eigenvalue weighted by Crippen LogP contribution is -2.32. The van der Waals surface area contributed by atoms with Crippen LogP contribution < -0.4 is 26.8 Å². The van der Waals surface area contributed by atoms with E-state index in [0.717, 1.165) is 48.8 Å². The van der Waals surface area contributed by atoms with Crippen molar-refractivity contribution in [1.29, 1.82) is 0 Å². The second-order valence-electron chi connectivity index (χ2n) is 10.7. The van der Waals surface area contributed by atoms with E-state index in [1.54, 1.807) is 17.1 Å². The molecular weight excluding hydrogens is 513 g/mol. The number of likely N-dealkylation sites (N-methyl/N-ethyl adjacent to an activating group) is 1. The van der Waals surface area contributed by atoms with Crippen molar-refractivity contribution in [2.45, 2.75) is 43.8 Å². The van der Waals surface area contributed by atoms with E-state index in [1.165, 1.54) is 31.1 Å². The fraction of sp³-hybridized carbons (Fsp3) is 0.303. The minimum atomic E-state index is -0.424. The van der Waals surface area contributed by atoms with Crippen LogP contribution in [0.15, 0.2) is 110 Å². The third-order valence-corrected chi connectivity index (χ3v) is 7.70. The Bertz CT molecular complexity index is 1340. The third kappa shape index (κ3) is 7.41. The van der Waals surface area contributed by atoms with Gasteiger partial charge in [0.2, 0.25) is 5.95 Å². The number of aromatic nitrogens is 1. The average molecular weight is 556 g/mol. The average Bonchev–Trinajstić information content (AvgIpc) is 3.51. The van der Waals surface area contributed by atoms with E-state index in [1.807, 2.05) is 41.3 Å². The van der Waals surface area contributed by atoms with Crippen LogP contribution >= 0.6 is 0 Å². The Hall–Kier alpha value is -3.98. The normalized spacial score (nSPS) is 18.4. The predicted octanol–water partition coefficient (Wildman–Crippen LogP) is 5.40. The van der Waals surface area contributed by atoms with Crippen molar-refractivity contribution >= 4 is 11.4 Å². The van der Waals surface area contributed by atoms with Gasteiger partial charge in [0, 0.05) is 42.1 Å². The largest absolute Gasteiger partial charge is 0.383 e. The molecule has 0 amide bonds. The number of likely N-dealkylation sites (tertiary alicyclic amines) is 1. The second kappa shape index (κ2) is 13.6. The van der Waals surface area contributed by atoms with Gasteiger partial charge in [-0.05, 0) is 63.0 Å². The molecule has 1 atom stereocenters. The predicted molar refractivity (Wildman–Crippen MR) is 167 cm³/mol. The number of fused-ring (bicyclic) bond motifs is 1. The first-order valence-electron chi connectivity index (χ1n) is 14.0. The smallest absolute Gasteiger partial charge is 0.217 e. The van der Waals surface area contributed by atoms with E-state index in [9.17, 15) is 4.39 Å². The summed E-state index contributed by atoms with van der Waals surface area (Å²) in [6.07, 6.45) is 7.53. The highest BCUT2D eigenvalue weighted by atomic mass is 19.1. The molecule has 2 aromatic carbocycles. The summed E-state index contributed by atoms with van der Waals surface area (Å²) in [5.41, 5.74) is 10.5. The number of nitrogens with zero attached hydrogens (tertiary/aromatic N) is 4. The first-order valence-corrected chi connectivity index (χ1v) is 14.0. The number of hydrogen-bond donors (Lipinski definition) is 3. The SMILES string of the molecule is C=C(NCc1ccccc1)C1CCCN1C.C=CCN1C(=C)N(N)c2ccccc21.NC1(c2cccnc2F)CC1. The van der Waals surface area contributed by atoms with Gasteiger partial charge in [0.15, 0.2) is 0 Å². The lowest BCUT2D eigenvalue weighted by molar-refractivity contribution is 0.334. The lowest BCUT2D eigenvalue weighted by Gasteiger charge is -2.22. The van der Waals surface area contributed by atoms with Crippen molar-refractivity contribution < 1.29 is 4.39 Å². The van der Waals surface area contributed by atoms with Crippen molar-refractivity contribution in [3.05, 3.63) is 127 Å². The molecule has 6 rings (SSSR count). The van der Waals surface area contributed by atoms with Gasteiger partial charge in [-0.1, -0.05) is 67.8 Å². The monoisotopic (exact) mass is 555 g/mol. The van der Waals surface area contributed by atoms with Gasteiger partial charge in [-0.15, -0.1) is 6.58 Å². The Morgan fingerprint density at radius 1 is 1.10 bits per heavy atom. The standard InChI is InChI=1S/C14H20N2.C11H13N3.C8H9FN2/c1-12(14-9-6-10-16(14)2)15-11-13-7-4-3-5-8-13;1-3-8-13-9(2)14(12)11-7-5-4-6-10(11)13;9-7-6(2-1-5-11-7)8(10)3-4-8/h3-5,7-8,14-15H,1,6,9-11H2,2H3;3-7H,1-2,8,12H2;1-2,5H,3-4,10H2. The van der Waals surface area contributed by atoms with Gasteiger partial charge in [0.25, 0.3) is 0 Å². The van der Waals surface area contributed by atoms with Crippen LogP contribution in [0.25, 0.3) is 0 Å². The van der Waals surface area contributed by atoms with Gasteiger partial charge in [0.1, 0.15) is 5.82 Å². The number of halogens is 1. The van der Waals surface area contributed by atoms with E-state index >= 15 is 0 Å². The fourth-order valence-electron chi connectivity index (χ4n) is 5.08. The molecule has 1 saturated carbocycles. The van der Waals surface area contributed by atoms with Crippen molar-refractivity contribution in [3.8, 4) is 0 Å². The first-order chi connectivity index (χ1) is 19.7. The van der Waals surface area contributed by atoms with E-state index in [2.05, 4.69) is 66.3 Å². The molecule has 0 radical (unpaired) electrons. The number of pyridine rings is 1. The number of anilines is 2. The number of hydrazine groups is 1. The molecule has 0 spiro atoms. The molecular formula is C33H42FN7. The van der Waals surface area contributed by atoms with E-state index in [0.29, 0.717) is 11.6 Å². The van der Waals surface area contributed by atoms with E-state index in [-0.39, 0.29) is 0 Å². The zero-order chi connectivity index (χ0) is 29.4. The number of nitrogens with two attached hydrogens (primary N) is 2. The maximum atomic E-state index is 12.9. The molecule has 8 heteroatoms. The summed E-state index contributed by atoms with van der Waals surface area (Å²) < 4.78 is 12.9. The van der Waals surface area contributed by atoms with Gasteiger partial charge >= 0.3 is 0 Å². The molecule has 1 aliphatic carbocycles. The van der Waals surface area contributed by atoms with Crippen LogP contribution in [0.2, 0.25) is 0 Å². The molecule has 3 heterocycles. The highest BCUT2D eigenvalue weighted by molar-refractivity contribution is 5.81. The van der Waals surface area contributed by atoms with Crippen molar-refractivity contribution in [3.63, 3.8) is 0 Å². The number of nitrogens with one attached hydrogen (secondary N) is 1. The van der Waals surface area contributed by atoms with E-state index < -0.39 is 11.5 Å². The van der Waals surface area contributed by atoms with Gasteiger partial charge in [-0.2, -0.15) is 4.39 Å². The topological polar surface area (TPSA) is 86.7 Å². The molecule has 1 saturated heterocycles. The summed E-state index contributed by atoms with van der Waals surface area (Å²) in [6.45, 7) is 14.6. The van der Waals surface area contributed by atoms with Crippen LogP contribution in [-0.2, 0) is 12.1 Å². The minimum Gasteiger partial charge on any atom is -0.383 e. The number of para-hydroxylation sites is 2. The molecule has 7 nitrogen and oxygen atoms in total. The molecule has 2 aliphatic heterocycles. The van der Waals surface area contributed by atoms with Crippen LogP contribution in [0.5, 0.6) is 0 Å². The van der Waals surface area contributed by atoms with Gasteiger partial charge in [-0.3, -0.25) is 9.91 Å². The summed E-state index contributed by atoms with van der Waals surface area (Å²) in [6, 6.07) is 22.3. The Morgan fingerprint density at radius 2 is 1.78 bits per heavy atom. The van der Waals surface area contributed by atoms with Crippen molar-refractivity contribution in [1.82, 2.24) is 15.2 Å². The molecule has 5 N–H and O–H groups in total. The van der Waals surface area contributed by atoms with Crippen LogP contribution in [0, 0.1) is 5.95 Å². The first kappa shape index (κ1) is 30.0. The number of hydrogen-bond acceptors (Lipinski definition) is 7. The third-order valence-electron chi connectivity index (χ3n) is 7.70. The summed E-state index contributed by atoms with van der Waals surface area (Å²) in [5.74, 6) is 6.23. The van der Waals surface area contributed by atoms with Gasteiger partial charge < -0.3 is 16.0 Å². The minimum absolute atomic E-state index is 0.404. The molecule has 1 unspecified atom stereocenters. The number of rotatable bonds is 7. The summed E-state index contributed by atoms with van der Waals surface area (Å²) in [4.78, 5) is 7.94. The van der Waals surface area contributed by atoms with Gasteiger partial charge in [0.05, 0.1) is 11.4 Å². The maximum absolute atomic E-state index is 12.9. The molecule has 216 valence electrons. The van der Waals surface area contributed by atoms with Crippen LogP contribution in [0.4, 0.5) is 15.8 Å². The Balaban J connectivity index is 0.000000144. The zero-order valence-corrected chi connectivity index (χ0v) is 24.0. The Labute approximate surface area is 243 Å². The Kier molecular flexibility index (Phi) is 9.94. The molecule has 2 fully saturated rings. The van der Waals surface area contributed by atoms with Crippen LogP contribution in [0.3, 0.4) is 0 Å². The lowest BCUT2D eigenvalue weighted by atomic mass is 10.1. The molecule has 3 aliphatic rings. The molecule has 41 heavy (non-hydrogen) atoms. The van der Waals surface area contributed by atoms with Gasteiger partial charge in [-0.25, -0.2) is 10.8 Å². The quantitative estimate of drug-likeness (QED) is 0.205. The van der Waals surface area contributed by atoms with Crippen LogP contribution in [-0.4, -0.2) is 36.1 Å². The maximum Gasteiger partial charge on any atom is 0.217 e. The number of benzene rings is 2. The highest BCUT2D eigenvalue weighted by Crippen LogP contribution is 2.43. The van der Waals surface area contributed by atoms with E-state index in [4.69, 9.17) is 11.6 Å². The summed E-state index contributed by atoms with van der Waals surface area (Å²) in [5, 5.41) is 5.03. The Morgan fingerprint density at radius 3 is 2.39 bits per heavy atom. The molecule has 0 bridgehead atoms. The summed E-state index contributed by atoms with van der Waals surface area (Å²) >= 11 is 0. The second-order valence-corrected chi connectivity index (χ2v) is 10.7. The molecule has 1 aromatic heterocycles. The molecule has 3 aromatic rings. The highest BCUT2D eigenvalue weighted by Gasteiger charge is 2.42. The fourth-order valence-corrected chi connectivity index (χ4v) is 5.08. The van der Waals surface area contributed by atoms with Crippen LogP contribution in [0.1, 0.15) is 36.8 Å².